The van der Waals surface area contributed by atoms with E-state index in [1.54, 1.807) is 24.3 Å². The van der Waals surface area contributed by atoms with E-state index in [2.05, 4.69) is 31.9 Å². The summed E-state index contributed by atoms with van der Waals surface area (Å²) in [6, 6.07) is 6.90. The average molecular weight is 415 g/mol. The maximum Gasteiger partial charge on any atom is 0.183 e. The van der Waals surface area contributed by atoms with Crippen molar-refractivity contribution in [3.05, 3.63) is 54.8 Å². The summed E-state index contributed by atoms with van der Waals surface area (Å²) in [7, 11) is 0. The molecule has 1 N–H and O–H groups in total. The summed E-state index contributed by atoms with van der Waals surface area (Å²) in [6.45, 7) is 0. The Labute approximate surface area is 131 Å². The lowest BCUT2D eigenvalue weighted by Gasteiger charge is -2.09. The predicted molar refractivity (Wildman–Crippen MR) is 79.2 cm³/mol. The van der Waals surface area contributed by atoms with Crippen LogP contribution < -0.4 is 0 Å². The van der Waals surface area contributed by atoms with E-state index in [1.807, 2.05) is 0 Å². The number of furan rings is 1. The number of benzene rings is 1. The van der Waals surface area contributed by atoms with Crippen molar-refractivity contribution in [3.8, 4) is 0 Å². The van der Waals surface area contributed by atoms with Gasteiger partial charge in [-0.3, -0.25) is 0 Å². The first-order valence-corrected chi connectivity index (χ1v) is 7.38. The zero-order chi connectivity index (χ0) is 13.3. The van der Waals surface area contributed by atoms with E-state index in [1.165, 1.54) is 0 Å². The van der Waals surface area contributed by atoms with Crippen LogP contribution in [0.5, 0.6) is 0 Å². The third kappa shape index (κ3) is 3.31. The lowest BCUT2D eigenvalue weighted by Crippen LogP contribution is -2.00. The number of aliphatic hydroxyl groups is 1. The van der Waals surface area contributed by atoms with Gasteiger partial charge in [-0.15, -0.1) is 0 Å². The van der Waals surface area contributed by atoms with E-state index in [4.69, 9.17) is 27.6 Å². The van der Waals surface area contributed by atoms with E-state index < -0.39 is 6.10 Å². The maximum absolute atomic E-state index is 10.1. The summed E-state index contributed by atoms with van der Waals surface area (Å²) >= 11 is 18.4. The number of halogens is 4. The number of hydrogen-bond donors (Lipinski definition) is 1. The molecule has 0 aliphatic heterocycles. The molecule has 1 heterocycles. The van der Waals surface area contributed by atoms with Crippen molar-refractivity contribution in [1.29, 1.82) is 0 Å². The normalized spacial score (nSPS) is 12.7. The van der Waals surface area contributed by atoms with Gasteiger partial charge in [-0.1, -0.05) is 29.3 Å². The summed E-state index contributed by atoms with van der Waals surface area (Å²) in [5.74, 6) is 0.472. The summed E-state index contributed by atoms with van der Waals surface area (Å²) < 4.78 is 6.68. The minimum atomic E-state index is -0.758. The number of hydrogen-bond acceptors (Lipinski definition) is 2. The van der Waals surface area contributed by atoms with Gasteiger partial charge in [0.1, 0.15) is 11.9 Å². The standard InChI is InChI=1S/C12H8Br2Cl2O2/c13-8-5-11(18-12(8)14)10(17)3-6-1-2-7(15)4-9(6)16/h1-2,4-5,10,17H,3H2. The first-order valence-electron chi connectivity index (χ1n) is 5.04. The topological polar surface area (TPSA) is 33.4 Å². The van der Waals surface area contributed by atoms with E-state index in [-0.39, 0.29) is 0 Å². The highest BCUT2D eigenvalue weighted by atomic mass is 79.9. The second kappa shape index (κ2) is 5.97. The number of aliphatic hydroxyl groups excluding tert-OH is 1. The van der Waals surface area contributed by atoms with Crippen LogP contribution in [-0.4, -0.2) is 5.11 Å². The molecule has 0 spiro atoms. The van der Waals surface area contributed by atoms with E-state index in [0.717, 1.165) is 10.0 Å². The van der Waals surface area contributed by atoms with Gasteiger partial charge in [-0.05, 0) is 55.6 Å². The summed E-state index contributed by atoms with van der Waals surface area (Å²) in [5, 5.41) is 11.2. The van der Waals surface area contributed by atoms with Gasteiger partial charge >= 0.3 is 0 Å². The highest BCUT2D eigenvalue weighted by Gasteiger charge is 2.16. The van der Waals surface area contributed by atoms with Crippen LogP contribution in [0.25, 0.3) is 0 Å². The lowest BCUT2D eigenvalue weighted by molar-refractivity contribution is 0.149. The highest BCUT2D eigenvalue weighted by Crippen LogP contribution is 2.32. The molecular formula is C12H8Br2Cl2O2. The molecule has 0 radical (unpaired) electrons. The molecule has 96 valence electrons. The lowest BCUT2D eigenvalue weighted by atomic mass is 10.1. The molecule has 6 heteroatoms. The van der Waals surface area contributed by atoms with Crippen LogP contribution in [0.3, 0.4) is 0 Å². The fraction of sp³-hybridized carbons (Fsp3) is 0.167. The molecule has 2 nitrogen and oxygen atoms in total. The smallest absolute Gasteiger partial charge is 0.183 e. The van der Waals surface area contributed by atoms with Crippen LogP contribution >= 0.6 is 55.1 Å². The highest BCUT2D eigenvalue weighted by molar-refractivity contribution is 9.13. The third-order valence-electron chi connectivity index (χ3n) is 2.42. The second-order valence-corrected chi connectivity index (χ2v) is 6.14. The molecule has 0 aliphatic rings. The predicted octanol–water partition coefficient (Wildman–Crippen LogP) is 5.39. The van der Waals surface area contributed by atoms with Gasteiger partial charge in [0.2, 0.25) is 0 Å². The largest absolute Gasteiger partial charge is 0.450 e. The minimum absolute atomic E-state index is 0.363. The fourth-order valence-corrected chi connectivity index (χ4v) is 2.62. The Balaban J connectivity index is 2.18. The number of rotatable bonds is 3. The maximum atomic E-state index is 10.1. The Kier molecular flexibility index (Phi) is 4.78. The molecule has 0 saturated carbocycles. The molecule has 1 unspecified atom stereocenters. The van der Waals surface area contributed by atoms with Crippen molar-refractivity contribution in [2.45, 2.75) is 12.5 Å². The Hall–Kier alpha value is -0.0000000000000000555. The Morgan fingerprint density at radius 1 is 1.22 bits per heavy atom. The van der Waals surface area contributed by atoms with Gasteiger partial charge in [0.15, 0.2) is 4.67 Å². The molecule has 1 atom stereocenters. The van der Waals surface area contributed by atoms with Crippen LogP contribution in [-0.2, 0) is 6.42 Å². The van der Waals surface area contributed by atoms with Crippen LogP contribution in [0.1, 0.15) is 17.4 Å². The van der Waals surface area contributed by atoms with Crippen molar-refractivity contribution in [2.75, 3.05) is 0 Å². The van der Waals surface area contributed by atoms with Crippen molar-refractivity contribution in [2.24, 2.45) is 0 Å². The summed E-state index contributed by atoms with van der Waals surface area (Å²) in [4.78, 5) is 0. The molecule has 0 amide bonds. The Morgan fingerprint density at radius 3 is 2.50 bits per heavy atom. The van der Waals surface area contributed by atoms with Gasteiger partial charge < -0.3 is 9.52 Å². The van der Waals surface area contributed by atoms with Crippen molar-refractivity contribution in [1.82, 2.24) is 0 Å². The van der Waals surface area contributed by atoms with Crippen LogP contribution in [0.15, 0.2) is 37.8 Å². The van der Waals surface area contributed by atoms with Crippen LogP contribution in [0.4, 0.5) is 0 Å². The van der Waals surface area contributed by atoms with E-state index in [9.17, 15) is 5.11 Å². The van der Waals surface area contributed by atoms with E-state index >= 15 is 0 Å². The molecule has 1 aromatic heterocycles. The Morgan fingerprint density at radius 2 is 1.94 bits per heavy atom. The monoisotopic (exact) mass is 412 g/mol. The van der Waals surface area contributed by atoms with Gasteiger partial charge in [0.25, 0.3) is 0 Å². The molecule has 0 saturated heterocycles. The van der Waals surface area contributed by atoms with E-state index in [0.29, 0.717) is 26.9 Å². The molecule has 0 bridgehead atoms. The zero-order valence-electron chi connectivity index (χ0n) is 8.96. The Bertz CT molecular complexity index is 550. The van der Waals surface area contributed by atoms with Gasteiger partial charge in [0.05, 0.1) is 4.47 Å². The van der Waals surface area contributed by atoms with Crippen molar-refractivity contribution < 1.29 is 9.52 Å². The van der Waals surface area contributed by atoms with Gasteiger partial charge in [0, 0.05) is 16.5 Å². The van der Waals surface area contributed by atoms with Crippen LogP contribution in [0, 0.1) is 0 Å². The third-order valence-corrected chi connectivity index (χ3v) is 4.72. The fourth-order valence-electron chi connectivity index (χ4n) is 1.52. The molecule has 18 heavy (non-hydrogen) atoms. The molecule has 1 aromatic carbocycles. The van der Waals surface area contributed by atoms with Crippen LogP contribution in [0.2, 0.25) is 10.0 Å². The molecule has 2 rings (SSSR count). The van der Waals surface area contributed by atoms with Gasteiger partial charge in [-0.2, -0.15) is 0 Å². The quantitative estimate of drug-likeness (QED) is 0.730. The molecular weight excluding hydrogens is 407 g/mol. The average Bonchev–Trinajstić information content (AvgIpc) is 2.63. The molecule has 0 aliphatic carbocycles. The zero-order valence-corrected chi connectivity index (χ0v) is 13.6. The molecule has 2 aromatic rings. The first-order chi connectivity index (χ1) is 8.47. The minimum Gasteiger partial charge on any atom is -0.450 e. The molecule has 0 fully saturated rings. The SMILES string of the molecule is OC(Cc1ccc(Cl)cc1Cl)c1cc(Br)c(Br)o1. The second-order valence-electron chi connectivity index (χ2n) is 3.73. The summed E-state index contributed by atoms with van der Waals surface area (Å²) in [6.07, 6.45) is -0.395. The van der Waals surface area contributed by atoms with Crippen molar-refractivity contribution in [3.63, 3.8) is 0 Å². The van der Waals surface area contributed by atoms with Crippen molar-refractivity contribution >= 4 is 55.1 Å². The van der Waals surface area contributed by atoms with Gasteiger partial charge in [-0.25, -0.2) is 0 Å². The first kappa shape index (κ1) is 14.4. The summed E-state index contributed by atoms with van der Waals surface area (Å²) in [5.41, 5.74) is 0.817.